The first-order valence-electron chi connectivity index (χ1n) is 7.96. The van der Waals surface area contributed by atoms with E-state index in [-0.39, 0.29) is 10.9 Å². The van der Waals surface area contributed by atoms with Crippen LogP contribution < -0.4 is 11.2 Å². The predicted molar refractivity (Wildman–Crippen MR) is 108 cm³/mol. The molecular weight excluding hydrogens is 346 g/mol. The predicted octanol–water partition coefficient (Wildman–Crippen LogP) is 4.13. The summed E-state index contributed by atoms with van der Waals surface area (Å²) in [5.74, 6) is 0.124. The van der Waals surface area contributed by atoms with E-state index in [2.05, 4.69) is 10.5 Å². The fourth-order valence-corrected chi connectivity index (χ4v) is 3.10. The number of hydrogen-bond donors (Lipinski definition) is 3. The Labute approximate surface area is 154 Å². The molecule has 0 aliphatic carbocycles. The van der Waals surface area contributed by atoms with Crippen LogP contribution in [-0.4, -0.2) is 16.4 Å². The van der Waals surface area contributed by atoms with Crippen molar-refractivity contribution in [2.45, 2.75) is 0 Å². The van der Waals surface area contributed by atoms with Crippen molar-refractivity contribution >= 4 is 45.5 Å². The minimum atomic E-state index is 0.0616. The van der Waals surface area contributed by atoms with Crippen LogP contribution >= 0.6 is 12.2 Å². The van der Waals surface area contributed by atoms with E-state index in [0.717, 1.165) is 27.5 Å². The van der Waals surface area contributed by atoms with Gasteiger partial charge in [-0.05, 0) is 36.0 Å². The minimum Gasteiger partial charge on any atom is -0.507 e. The van der Waals surface area contributed by atoms with Gasteiger partial charge in [-0.25, -0.2) is 0 Å². The number of nitrogens with two attached hydrogens (primary N) is 1. The third kappa shape index (κ3) is 2.76. The maximum atomic E-state index is 10.8. The SMILES string of the molecule is NC(=S)NN=Cc1cccc(-c2cccc3oc4ccccc4c23)c1O. The van der Waals surface area contributed by atoms with Gasteiger partial charge in [-0.2, -0.15) is 5.10 Å². The molecule has 5 nitrogen and oxygen atoms in total. The normalized spacial score (nSPS) is 11.4. The summed E-state index contributed by atoms with van der Waals surface area (Å²) in [7, 11) is 0. The fourth-order valence-electron chi connectivity index (χ4n) is 3.05. The lowest BCUT2D eigenvalue weighted by molar-refractivity contribution is 0.476. The molecule has 3 aromatic carbocycles. The summed E-state index contributed by atoms with van der Waals surface area (Å²) >= 11 is 4.71. The number of thiocarbonyl (C=S) groups is 1. The van der Waals surface area contributed by atoms with Crippen LogP contribution in [0.3, 0.4) is 0 Å². The number of furan rings is 1. The van der Waals surface area contributed by atoms with Crippen LogP contribution in [0.25, 0.3) is 33.1 Å². The molecule has 26 heavy (non-hydrogen) atoms. The van der Waals surface area contributed by atoms with Crippen molar-refractivity contribution in [3.63, 3.8) is 0 Å². The number of rotatable bonds is 3. The van der Waals surface area contributed by atoms with Crippen molar-refractivity contribution in [3.8, 4) is 16.9 Å². The first-order valence-corrected chi connectivity index (χ1v) is 8.37. The molecule has 0 bridgehead atoms. The second-order valence-electron chi connectivity index (χ2n) is 5.75. The van der Waals surface area contributed by atoms with Gasteiger partial charge in [-0.15, -0.1) is 0 Å². The molecule has 0 spiro atoms. The molecule has 0 amide bonds. The summed E-state index contributed by atoms with van der Waals surface area (Å²) < 4.78 is 5.93. The largest absolute Gasteiger partial charge is 0.507 e. The van der Waals surface area contributed by atoms with Crippen LogP contribution in [0.15, 0.2) is 70.2 Å². The summed E-state index contributed by atoms with van der Waals surface area (Å²) in [6.45, 7) is 0. The molecule has 6 heteroatoms. The molecule has 0 aliphatic heterocycles. The Balaban J connectivity index is 1.91. The van der Waals surface area contributed by atoms with Gasteiger partial charge < -0.3 is 15.3 Å². The zero-order chi connectivity index (χ0) is 18.1. The topological polar surface area (TPSA) is 83.8 Å². The molecule has 1 heterocycles. The average molecular weight is 361 g/mol. The van der Waals surface area contributed by atoms with Gasteiger partial charge in [0.25, 0.3) is 0 Å². The van der Waals surface area contributed by atoms with Gasteiger partial charge in [0.05, 0.1) is 6.21 Å². The highest BCUT2D eigenvalue weighted by molar-refractivity contribution is 7.80. The molecule has 0 unspecified atom stereocenters. The second kappa shape index (κ2) is 6.50. The zero-order valence-corrected chi connectivity index (χ0v) is 14.5. The average Bonchev–Trinajstić information content (AvgIpc) is 3.02. The van der Waals surface area contributed by atoms with Gasteiger partial charge in [-0.3, -0.25) is 5.43 Å². The van der Waals surface area contributed by atoms with Gasteiger partial charge in [0, 0.05) is 21.9 Å². The van der Waals surface area contributed by atoms with E-state index < -0.39 is 0 Å². The van der Waals surface area contributed by atoms with Crippen molar-refractivity contribution in [2.24, 2.45) is 10.8 Å². The number of para-hydroxylation sites is 2. The second-order valence-corrected chi connectivity index (χ2v) is 6.19. The van der Waals surface area contributed by atoms with Gasteiger partial charge in [0.1, 0.15) is 16.9 Å². The van der Waals surface area contributed by atoms with Crippen LogP contribution in [0.4, 0.5) is 0 Å². The number of hydrogen-bond acceptors (Lipinski definition) is 4. The highest BCUT2D eigenvalue weighted by atomic mass is 32.1. The van der Waals surface area contributed by atoms with E-state index in [0.29, 0.717) is 11.1 Å². The molecule has 0 saturated heterocycles. The van der Waals surface area contributed by atoms with E-state index >= 15 is 0 Å². The van der Waals surface area contributed by atoms with Gasteiger partial charge >= 0.3 is 0 Å². The number of phenols is 1. The molecule has 4 aromatic rings. The number of aromatic hydroxyl groups is 1. The summed E-state index contributed by atoms with van der Waals surface area (Å²) in [6.07, 6.45) is 1.48. The lowest BCUT2D eigenvalue weighted by Crippen LogP contribution is -2.23. The van der Waals surface area contributed by atoms with Crippen molar-refractivity contribution in [1.82, 2.24) is 5.43 Å². The van der Waals surface area contributed by atoms with E-state index in [1.807, 2.05) is 54.6 Å². The van der Waals surface area contributed by atoms with E-state index in [9.17, 15) is 5.11 Å². The lowest BCUT2D eigenvalue weighted by Gasteiger charge is -2.09. The molecule has 0 radical (unpaired) electrons. The Morgan fingerprint density at radius 3 is 2.58 bits per heavy atom. The monoisotopic (exact) mass is 361 g/mol. The fraction of sp³-hybridized carbons (Fsp3) is 0. The number of nitrogens with zero attached hydrogens (tertiary/aromatic N) is 1. The van der Waals surface area contributed by atoms with Crippen molar-refractivity contribution < 1.29 is 9.52 Å². The first-order chi connectivity index (χ1) is 12.6. The molecule has 0 aliphatic rings. The first kappa shape index (κ1) is 16.1. The molecule has 0 saturated carbocycles. The summed E-state index contributed by atoms with van der Waals surface area (Å²) in [5, 5.41) is 16.7. The van der Waals surface area contributed by atoms with Crippen LogP contribution in [0.1, 0.15) is 5.56 Å². The molecule has 0 fully saturated rings. The maximum Gasteiger partial charge on any atom is 0.184 e. The summed E-state index contributed by atoms with van der Waals surface area (Å²) in [5.41, 5.74) is 11.6. The Morgan fingerprint density at radius 1 is 1.00 bits per heavy atom. The van der Waals surface area contributed by atoms with Crippen molar-refractivity contribution in [1.29, 1.82) is 0 Å². The number of benzene rings is 3. The number of fused-ring (bicyclic) bond motifs is 3. The van der Waals surface area contributed by atoms with E-state index in [1.165, 1.54) is 6.21 Å². The van der Waals surface area contributed by atoms with Crippen LogP contribution in [0.5, 0.6) is 5.75 Å². The molecule has 1 aromatic heterocycles. The van der Waals surface area contributed by atoms with Gasteiger partial charge in [0.2, 0.25) is 0 Å². The standard InChI is InChI=1S/C20H15N3O2S/c21-20(26)23-22-11-12-5-3-8-14(19(12)24)13-7-4-10-17-18(13)15-6-1-2-9-16(15)25-17/h1-11,24H,(H3,21,23,26). The van der Waals surface area contributed by atoms with E-state index in [4.69, 9.17) is 22.4 Å². The Bertz CT molecular complexity index is 1160. The van der Waals surface area contributed by atoms with Crippen LogP contribution in [0.2, 0.25) is 0 Å². The Kier molecular flexibility index (Phi) is 4.02. The number of hydrazone groups is 1. The van der Waals surface area contributed by atoms with Gasteiger partial charge in [0.15, 0.2) is 5.11 Å². The third-order valence-electron chi connectivity index (χ3n) is 4.14. The quantitative estimate of drug-likeness (QED) is 0.290. The van der Waals surface area contributed by atoms with Crippen molar-refractivity contribution in [2.75, 3.05) is 0 Å². The number of nitrogens with one attached hydrogen (secondary N) is 1. The highest BCUT2D eigenvalue weighted by Crippen LogP contribution is 2.40. The Hall–Kier alpha value is -3.38. The summed E-state index contributed by atoms with van der Waals surface area (Å²) in [6, 6.07) is 19.1. The minimum absolute atomic E-state index is 0.0616. The number of phenolic OH excluding ortho intramolecular Hbond substituents is 1. The smallest absolute Gasteiger partial charge is 0.184 e. The lowest BCUT2D eigenvalue weighted by atomic mass is 9.97. The van der Waals surface area contributed by atoms with Crippen LogP contribution in [-0.2, 0) is 0 Å². The molecule has 0 atom stereocenters. The molecule has 128 valence electrons. The maximum absolute atomic E-state index is 10.8. The summed E-state index contributed by atoms with van der Waals surface area (Å²) in [4.78, 5) is 0. The molecule has 4 N–H and O–H groups in total. The van der Waals surface area contributed by atoms with Gasteiger partial charge in [-0.1, -0.05) is 42.5 Å². The van der Waals surface area contributed by atoms with Crippen LogP contribution in [0, 0.1) is 0 Å². The zero-order valence-electron chi connectivity index (χ0n) is 13.6. The van der Waals surface area contributed by atoms with Crippen molar-refractivity contribution in [3.05, 3.63) is 66.2 Å². The van der Waals surface area contributed by atoms with E-state index in [1.54, 1.807) is 6.07 Å². The third-order valence-corrected chi connectivity index (χ3v) is 4.23. The highest BCUT2D eigenvalue weighted by Gasteiger charge is 2.15. The Morgan fingerprint density at radius 2 is 1.73 bits per heavy atom. The molecular formula is C20H15N3O2S. The molecule has 4 rings (SSSR count).